The summed E-state index contributed by atoms with van der Waals surface area (Å²) >= 11 is 0. The Kier molecular flexibility index (Phi) is 4.14. The van der Waals surface area contributed by atoms with Gasteiger partial charge in [0, 0.05) is 11.9 Å². The average Bonchev–Trinajstić information content (AvgIpc) is 3.00. The number of esters is 1. The van der Waals surface area contributed by atoms with E-state index in [1.165, 1.54) is 17.3 Å². The molecule has 0 unspecified atom stereocenters. The van der Waals surface area contributed by atoms with Crippen LogP contribution in [0.4, 0.5) is 5.69 Å². The fourth-order valence-electron chi connectivity index (χ4n) is 1.74. The Balaban J connectivity index is 2.09. The molecule has 0 spiro atoms. The van der Waals surface area contributed by atoms with Gasteiger partial charge in [0.1, 0.15) is 24.8 Å². The molecule has 0 bridgehead atoms. The van der Waals surface area contributed by atoms with Crippen LogP contribution in [0, 0.1) is 6.92 Å². The number of aromatic amines is 1. The molecule has 8 nitrogen and oxygen atoms in total. The third-order valence-corrected chi connectivity index (χ3v) is 2.60. The van der Waals surface area contributed by atoms with Crippen molar-refractivity contribution in [3.63, 3.8) is 0 Å². The van der Waals surface area contributed by atoms with Gasteiger partial charge in [0.25, 0.3) is 0 Å². The van der Waals surface area contributed by atoms with E-state index in [9.17, 15) is 9.59 Å². The molecule has 2 aromatic rings. The quantitative estimate of drug-likeness (QED) is 0.784. The van der Waals surface area contributed by atoms with Crippen LogP contribution in [0.25, 0.3) is 0 Å². The highest BCUT2D eigenvalue weighted by Crippen LogP contribution is 2.20. The zero-order valence-corrected chi connectivity index (χ0v) is 11.2. The number of ether oxygens (including phenoxy) is 1. The molecule has 8 heteroatoms. The molecule has 0 aliphatic heterocycles. The van der Waals surface area contributed by atoms with Crippen LogP contribution < -0.4 is 5.32 Å². The molecular weight excluding hydrogens is 262 g/mol. The van der Waals surface area contributed by atoms with Gasteiger partial charge >= 0.3 is 5.97 Å². The predicted molar refractivity (Wildman–Crippen MR) is 70.1 cm³/mol. The number of nitrogens with one attached hydrogen (secondary N) is 2. The highest BCUT2D eigenvalue weighted by Gasteiger charge is 2.19. The van der Waals surface area contributed by atoms with Gasteiger partial charge in [-0.3, -0.25) is 4.79 Å². The first kappa shape index (κ1) is 13.8. The van der Waals surface area contributed by atoms with Crippen molar-refractivity contribution in [3.05, 3.63) is 30.1 Å². The summed E-state index contributed by atoms with van der Waals surface area (Å²) in [6.45, 7) is 3.75. The van der Waals surface area contributed by atoms with Gasteiger partial charge in [-0.05, 0) is 13.8 Å². The molecule has 0 saturated heterocycles. The van der Waals surface area contributed by atoms with E-state index in [1.807, 2.05) is 0 Å². The van der Waals surface area contributed by atoms with Crippen molar-refractivity contribution in [1.82, 2.24) is 19.7 Å². The molecule has 0 aliphatic carbocycles. The summed E-state index contributed by atoms with van der Waals surface area (Å²) in [5, 5.41) is 6.48. The maximum absolute atomic E-state index is 11.9. The number of H-pyrrole nitrogens is 1. The molecule has 106 valence electrons. The summed E-state index contributed by atoms with van der Waals surface area (Å²) in [5.74, 6) is -0.776. The molecule has 0 atom stereocenters. The number of carbonyl (C=O) groups is 2. The molecule has 1 amide bonds. The molecule has 0 saturated carbocycles. The smallest absolute Gasteiger partial charge is 0.342 e. The molecule has 0 aromatic carbocycles. The summed E-state index contributed by atoms with van der Waals surface area (Å²) in [7, 11) is 0. The largest absolute Gasteiger partial charge is 0.462 e. The van der Waals surface area contributed by atoms with Crippen LogP contribution in [-0.4, -0.2) is 38.2 Å². The zero-order valence-electron chi connectivity index (χ0n) is 11.2. The van der Waals surface area contributed by atoms with Crippen LogP contribution >= 0.6 is 0 Å². The summed E-state index contributed by atoms with van der Waals surface area (Å²) in [6, 6.07) is 0. The van der Waals surface area contributed by atoms with Crippen molar-refractivity contribution in [3.8, 4) is 0 Å². The van der Waals surface area contributed by atoms with Gasteiger partial charge in [-0.25, -0.2) is 14.5 Å². The number of rotatable bonds is 5. The second-order valence-electron chi connectivity index (χ2n) is 4.06. The number of hydrogen-bond donors (Lipinski definition) is 2. The maximum atomic E-state index is 11.9. The van der Waals surface area contributed by atoms with Gasteiger partial charge in [-0.2, -0.15) is 5.10 Å². The second kappa shape index (κ2) is 6.00. The van der Waals surface area contributed by atoms with Crippen molar-refractivity contribution in [2.75, 3.05) is 11.9 Å². The number of aromatic nitrogens is 4. The van der Waals surface area contributed by atoms with Crippen molar-refractivity contribution in [2.45, 2.75) is 20.4 Å². The lowest BCUT2D eigenvalue weighted by atomic mass is 10.2. The lowest BCUT2D eigenvalue weighted by molar-refractivity contribution is -0.116. The topological polar surface area (TPSA) is 102 Å². The van der Waals surface area contributed by atoms with E-state index in [2.05, 4.69) is 20.4 Å². The van der Waals surface area contributed by atoms with Crippen molar-refractivity contribution in [2.24, 2.45) is 0 Å². The number of amides is 1. The van der Waals surface area contributed by atoms with E-state index < -0.39 is 5.97 Å². The molecular formula is C12H15N5O3. The van der Waals surface area contributed by atoms with Gasteiger partial charge in [0.15, 0.2) is 0 Å². The minimum atomic E-state index is -0.470. The normalized spacial score (nSPS) is 10.3. The first-order valence-electron chi connectivity index (χ1n) is 6.09. The van der Waals surface area contributed by atoms with E-state index in [1.54, 1.807) is 20.0 Å². The molecule has 2 rings (SSSR count). The van der Waals surface area contributed by atoms with Gasteiger partial charge in [0.2, 0.25) is 5.91 Å². The summed E-state index contributed by atoms with van der Waals surface area (Å²) in [6.07, 6.45) is 4.34. The van der Waals surface area contributed by atoms with Crippen LogP contribution in [0.3, 0.4) is 0 Å². The van der Waals surface area contributed by atoms with Crippen LogP contribution in [0.15, 0.2) is 18.9 Å². The molecule has 2 heterocycles. The van der Waals surface area contributed by atoms with Gasteiger partial charge in [-0.15, -0.1) is 0 Å². The third-order valence-electron chi connectivity index (χ3n) is 2.60. The molecule has 0 fully saturated rings. The maximum Gasteiger partial charge on any atom is 0.342 e. The summed E-state index contributed by atoms with van der Waals surface area (Å²) in [5.41, 5.74) is 1.37. The lowest BCUT2D eigenvalue weighted by Crippen LogP contribution is -2.20. The Bertz CT molecular complexity index is 603. The standard InChI is InChI=1S/C12H15N5O3/c1-3-20-12(19)11-8(2)14-4-9(11)16-10(18)5-17-7-13-6-15-17/h4,6-7,14H,3,5H2,1-2H3,(H,16,18). The molecule has 20 heavy (non-hydrogen) atoms. The fraction of sp³-hybridized carbons (Fsp3) is 0.333. The van der Waals surface area contributed by atoms with Crippen molar-refractivity contribution >= 4 is 17.6 Å². The number of carbonyl (C=O) groups excluding carboxylic acids is 2. The van der Waals surface area contributed by atoms with E-state index in [-0.39, 0.29) is 19.1 Å². The number of aryl methyl sites for hydroxylation is 1. The first-order valence-corrected chi connectivity index (χ1v) is 6.09. The summed E-state index contributed by atoms with van der Waals surface area (Å²) in [4.78, 5) is 30.3. The van der Waals surface area contributed by atoms with Crippen molar-refractivity contribution < 1.29 is 14.3 Å². The Morgan fingerprint density at radius 1 is 1.50 bits per heavy atom. The van der Waals surface area contributed by atoms with Crippen LogP contribution in [0.5, 0.6) is 0 Å². The predicted octanol–water partition coefficient (Wildman–Crippen LogP) is 0.730. The minimum Gasteiger partial charge on any atom is -0.462 e. The van der Waals surface area contributed by atoms with Gasteiger partial charge in [-0.1, -0.05) is 0 Å². The van der Waals surface area contributed by atoms with Crippen LogP contribution in [0.1, 0.15) is 23.0 Å². The minimum absolute atomic E-state index is 0.0203. The average molecular weight is 277 g/mol. The van der Waals surface area contributed by atoms with E-state index >= 15 is 0 Å². The number of hydrogen-bond acceptors (Lipinski definition) is 5. The molecule has 0 aliphatic rings. The number of nitrogens with zero attached hydrogens (tertiary/aromatic N) is 3. The van der Waals surface area contributed by atoms with E-state index in [4.69, 9.17) is 4.74 Å². The Morgan fingerprint density at radius 3 is 2.95 bits per heavy atom. The molecule has 0 radical (unpaired) electrons. The molecule has 2 aromatic heterocycles. The second-order valence-corrected chi connectivity index (χ2v) is 4.06. The van der Waals surface area contributed by atoms with Gasteiger partial charge in [0.05, 0.1) is 12.3 Å². The van der Waals surface area contributed by atoms with E-state index in [0.29, 0.717) is 16.9 Å². The monoisotopic (exact) mass is 277 g/mol. The number of anilines is 1. The van der Waals surface area contributed by atoms with Crippen molar-refractivity contribution in [1.29, 1.82) is 0 Å². The molecule has 2 N–H and O–H groups in total. The third kappa shape index (κ3) is 3.02. The first-order chi connectivity index (χ1) is 9.61. The van der Waals surface area contributed by atoms with Crippen LogP contribution in [-0.2, 0) is 16.1 Å². The fourth-order valence-corrected chi connectivity index (χ4v) is 1.74. The Hall–Kier alpha value is -2.64. The van der Waals surface area contributed by atoms with Gasteiger partial charge < -0.3 is 15.0 Å². The van der Waals surface area contributed by atoms with E-state index in [0.717, 1.165) is 0 Å². The Labute approximate surface area is 115 Å². The lowest BCUT2D eigenvalue weighted by Gasteiger charge is -2.07. The van der Waals surface area contributed by atoms with Crippen LogP contribution in [0.2, 0.25) is 0 Å². The highest BCUT2D eigenvalue weighted by atomic mass is 16.5. The zero-order chi connectivity index (χ0) is 14.5. The Morgan fingerprint density at radius 2 is 2.30 bits per heavy atom. The highest BCUT2D eigenvalue weighted by molar-refractivity contribution is 6.02. The summed E-state index contributed by atoms with van der Waals surface area (Å²) < 4.78 is 6.35. The SMILES string of the molecule is CCOC(=O)c1c(NC(=O)Cn2cncn2)c[nH]c1C.